The second kappa shape index (κ2) is 13.4. The van der Waals surface area contributed by atoms with Crippen LogP contribution in [0.1, 0.15) is 62.6 Å². The number of H-pyrrole nitrogens is 1. The van der Waals surface area contributed by atoms with Crippen LogP contribution in [0, 0.1) is 5.92 Å². The highest BCUT2D eigenvalue weighted by Gasteiger charge is 2.39. The van der Waals surface area contributed by atoms with Gasteiger partial charge in [0.1, 0.15) is 0 Å². The van der Waals surface area contributed by atoms with Crippen molar-refractivity contribution in [3.8, 4) is 0 Å². The Morgan fingerprint density at radius 1 is 1.15 bits per heavy atom. The van der Waals surface area contributed by atoms with Gasteiger partial charge in [0, 0.05) is 23.9 Å². The molecular formula is C31H39N5O4S. The summed E-state index contributed by atoms with van der Waals surface area (Å²) < 4.78 is 4.51. The number of piperazine rings is 1. The van der Waals surface area contributed by atoms with Gasteiger partial charge in [-0.3, -0.25) is 14.9 Å². The molecule has 6 rings (SSSR count). The maximum Gasteiger partial charge on any atom is 0.413 e. The fourth-order valence-corrected chi connectivity index (χ4v) is 6.76. The van der Waals surface area contributed by atoms with Crippen LogP contribution in [0.15, 0.2) is 47.4 Å². The molecule has 0 radical (unpaired) electrons. The van der Waals surface area contributed by atoms with Crippen molar-refractivity contribution in [3.05, 3.63) is 53.6 Å². The summed E-state index contributed by atoms with van der Waals surface area (Å²) in [6.45, 7) is 3.87. The van der Waals surface area contributed by atoms with Gasteiger partial charge >= 0.3 is 6.09 Å². The Morgan fingerprint density at radius 3 is 2.73 bits per heavy atom. The third-order valence-corrected chi connectivity index (χ3v) is 9.25. The Bertz CT molecular complexity index is 1390. The number of aromatic nitrogens is 2. The number of carbonyl (C=O) groups excluding carboxylic acids is 3. The van der Waals surface area contributed by atoms with Crippen LogP contribution in [0.25, 0.3) is 11.0 Å². The van der Waals surface area contributed by atoms with Crippen molar-refractivity contribution in [1.29, 1.82) is 0 Å². The number of hydrogen-bond acceptors (Lipinski definition) is 6. The van der Waals surface area contributed by atoms with E-state index in [1.54, 1.807) is 11.8 Å². The first kappa shape index (κ1) is 29.0. The molecule has 2 aliphatic heterocycles. The number of nitrogens with zero attached hydrogens (tertiary/aromatic N) is 3. The number of carbonyl (C=O) groups is 3. The van der Waals surface area contributed by atoms with E-state index in [0.29, 0.717) is 12.5 Å². The van der Waals surface area contributed by atoms with Crippen molar-refractivity contribution in [3.63, 3.8) is 0 Å². The van der Waals surface area contributed by atoms with Crippen LogP contribution in [0.2, 0.25) is 0 Å². The lowest BCUT2D eigenvalue weighted by Gasteiger charge is -2.45. The van der Waals surface area contributed by atoms with Gasteiger partial charge in [0.2, 0.25) is 17.8 Å². The van der Waals surface area contributed by atoms with E-state index in [1.807, 2.05) is 34.1 Å². The lowest BCUT2D eigenvalue weighted by molar-refractivity contribution is -0.152. The minimum atomic E-state index is -0.533. The number of rotatable bonds is 5. The van der Waals surface area contributed by atoms with Crippen LogP contribution in [-0.4, -0.2) is 70.2 Å². The zero-order chi connectivity index (χ0) is 28.8. The molecule has 1 aliphatic carbocycles. The van der Waals surface area contributed by atoms with E-state index < -0.39 is 6.09 Å². The quantitative estimate of drug-likeness (QED) is 0.373. The second-order valence-corrected chi connectivity index (χ2v) is 12.0. The largest absolute Gasteiger partial charge is 0.453 e. The van der Waals surface area contributed by atoms with Gasteiger partial charge in [0.15, 0.2) is 0 Å². The maximum atomic E-state index is 12.8. The van der Waals surface area contributed by atoms with Crippen LogP contribution >= 0.6 is 11.8 Å². The smallest absolute Gasteiger partial charge is 0.413 e. The Kier molecular flexibility index (Phi) is 9.49. The summed E-state index contributed by atoms with van der Waals surface area (Å²) in [5.74, 6) is 1.95. The fourth-order valence-electron chi connectivity index (χ4n) is 5.96. The van der Waals surface area contributed by atoms with Crippen LogP contribution < -0.4 is 5.32 Å². The van der Waals surface area contributed by atoms with Crippen molar-refractivity contribution in [1.82, 2.24) is 19.8 Å². The number of imidazole rings is 1. The van der Waals surface area contributed by atoms with Gasteiger partial charge in [-0.25, -0.2) is 9.78 Å². The van der Waals surface area contributed by atoms with E-state index >= 15 is 0 Å². The molecule has 218 valence electrons. The summed E-state index contributed by atoms with van der Waals surface area (Å²) in [5.41, 5.74) is 4.28. The first-order valence-corrected chi connectivity index (χ1v) is 15.6. The molecule has 2 aromatic carbocycles. The Labute approximate surface area is 245 Å². The van der Waals surface area contributed by atoms with Crippen LogP contribution in [0.4, 0.5) is 10.7 Å². The first-order valence-electron chi connectivity index (χ1n) is 14.6. The third kappa shape index (κ3) is 6.86. The third-order valence-electron chi connectivity index (χ3n) is 8.05. The Balaban J connectivity index is 0.000000170. The molecular weight excluding hydrogens is 538 g/mol. The van der Waals surface area contributed by atoms with Crippen molar-refractivity contribution in [2.45, 2.75) is 62.8 Å². The average Bonchev–Trinajstić information content (AvgIpc) is 3.41. The number of hydrogen-bond donors (Lipinski definition) is 2. The number of thioether (sulfide) groups is 1. The number of nitrogens with one attached hydrogen (secondary N) is 2. The Morgan fingerprint density at radius 2 is 1.95 bits per heavy atom. The van der Waals surface area contributed by atoms with Gasteiger partial charge in [0.25, 0.3) is 0 Å². The number of amides is 3. The SMILES string of the molecule is CCCSc1ccc2nc(NC(=O)OC)[nH]c2c1.O=C(C1CCCCC1)N1CC(=O)N2CCc3ccccc3C2C1. The fraction of sp³-hybridized carbons (Fsp3) is 0.484. The van der Waals surface area contributed by atoms with E-state index in [1.165, 1.54) is 29.6 Å². The molecule has 9 nitrogen and oxygen atoms in total. The highest BCUT2D eigenvalue weighted by Crippen LogP contribution is 2.34. The molecule has 2 N–H and O–H groups in total. The average molecular weight is 578 g/mol. The standard InChI is InChI=1S/C19H24N2O2.C12H15N3O2S/c22-18-13-20(19(23)15-7-2-1-3-8-15)12-17-16-9-5-4-6-14(16)10-11-21(17)18;1-3-6-18-8-4-5-9-10(7-8)14-11(13-9)15-12(16)17-2/h4-6,9,15,17H,1-3,7-8,10-13H2;4-5,7H,3,6H2,1-2H3,(H2,13,14,15,16). The van der Waals surface area contributed by atoms with Gasteiger partial charge in [-0.15, -0.1) is 11.8 Å². The van der Waals surface area contributed by atoms with E-state index in [9.17, 15) is 14.4 Å². The van der Waals surface area contributed by atoms with Crippen LogP contribution in [0.3, 0.4) is 0 Å². The molecule has 2 fully saturated rings. The van der Waals surface area contributed by atoms with Crippen molar-refractivity contribution in [2.24, 2.45) is 5.92 Å². The summed E-state index contributed by atoms with van der Waals surface area (Å²) in [6, 6.07) is 14.4. The van der Waals surface area contributed by atoms with Crippen LogP contribution in [0.5, 0.6) is 0 Å². The van der Waals surface area contributed by atoms with Crippen molar-refractivity contribution >= 4 is 46.7 Å². The van der Waals surface area contributed by atoms with Gasteiger partial charge < -0.3 is 19.5 Å². The maximum absolute atomic E-state index is 12.8. The topological polar surface area (TPSA) is 108 Å². The molecule has 1 saturated heterocycles. The van der Waals surface area contributed by atoms with Crippen LogP contribution in [-0.2, 0) is 20.7 Å². The number of ether oxygens (including phenoxy) is 1. The molecule has 1 atom stereocenters. The summed E-state index contributed by atoms with van der Waals surface area (Å²) in [6.07, 6.45) is 7.06. The highest BCUT2D eigenvalue weighted by atomic mass is 32.2. The number of benzene rings is 2. The van der Waals surface area contributed by atoms with Gasteiger partial charge in [-0.05, 0) is 60.8 Å². The van der Waals surface area contributed by atoms with E-state index in [0.717, 1.165) is 61.9 Å². The predicted molar refractivity (Wildman–Crippen MR) is 161 cm³/mol. The van der Waals surface area contributed by atoms with Gasteiger partial charge in [0.05, 0.1) is 30.7 Å². The molecule has 1 aromatic heterocycles. The zero-order valence-corrected chi connectivity index (χ0v) is 24.7. The molecule has 3 aromatic rings. The predicted octanol–water partition coefficient (Wildman–Crippen LogP) is 5.78. The molecule has 3 amide bonds. The molecule has 3 heterocycles. The molecule has 0 spiro atoms. The number of fused-ring (bicyclic) bond motifs is 4. The molecule has 3 aliphatic rings. The van der Waals surface area contributed by atoms with E-state index in [4.69, 9.17) is 0 Å². The highest BCUT2D eigenvalue weighted by molar-refractivity contribution is 7.99. The number of aromatic amines is 1. The zero-order valence-electron chi connectivity index (χ0n) is 23.9. The lowest BCUT2D eigenvalue weighted by Crippen LogP contribution is -2.56. The summed E-state index contributed by atoms with van der Waals surface area (Å²) in [5, 5.41) is 2.51. The van der Waals surface area contributed by atoms with Crippen molar-refractivity contribution < 1.29 is 19.1 Å². The minimum absolute atomic E-state index is 0.0498. The molecule has 0 bridgehead atoms. The summed E-state index contributed by atoms with van der Waals surface area (Å²) in [4.78, 5) is 48.8. The van der Waals surface area contributed by atoms with Gasteiger partial charge in [-0.1, -0.05) is 50.5 Å². The second-order valence-electron chi connectivity index (χ2n) is 10.8. The first-order chi connectivity index (χ1) is 20.0. The monoisotopic (exact) mass is 577 g/mol. The Hall–Kier alpha value is -3.53. The van der Waals surface area contributed by atoms with Gasteiger partial charge in [-0.2, -0.15) is 0 Å². The number of methoxy groups -OCH3 is 1. The van der Waals surface area contributed by atoms with Crippen molar-refractivity contribution in [2.75, 3.05) is 37.8 Å². The molecule has 10 heteroatoms. The lowest BCUT2D eigenvalue weighted by atomic mass is 9.87. The summed E-state index contributed by atoms with van der Waals surface area (Å²) >= 11 is 1.80. The van der Waals surface area contributed by atoms with E-state index in [-0.39, 0.29) is 30.3 Å². The molecule has 1 saturated carbocycles. The molecule has 41 heavy (non-hydrogen) atoms. The minimum Gasteiger partial charge on any atom is -0.453 e. The number of anilines is 1. The van der Waals surface area contributed by atoms with E-state index in [2.05, 4.69) is 45.1 Å². The molecule has 1 unspecified atom stereocenters. The normalized spacial score (nSPS) is 18.7. The summed E-state index contributed by atoms with van der Waals surface area (Å²) in [7, 11) is 1.32.